The maximum atomic E-state index is 12.0. The van der Waals surface area contributed by atoms with Gasteiger partial charge < -0.3 is 10.2 Å². The number of anilines is 1. The van der Waals surface area contributed by atoms with Crippen molar-refractivity contribution in [3.05, 3.63) is 30.0 Å². The van der Waals surface area contributed by atoms with Crippen molar-refractivity contribution >= 4 is 16.0 Å². The summed E-state index contributed by atoms with van der Waals surface area (Å²) in [7, 11) is -3.80. The van der Waals surface area contributed by atoms with Crippen LogP contribution in [0.1, 0.15) is 11.5 Å². The molecule has 0 aliphatic carbocycles. The van der Waals surface area contributed by atoms with Crippen LogP contribution < -0.4 is 10.5 Å². The molecule has 2 heterocycles. The molecule has 96 valence electrons. The molecule has 0 fully saturated rings. The van der Waals surface area contributed by atoms with Crippen LogP contribution in [0, 0.1) is 6.92 Å². The maximum Gasteiger partial charge on any atom is 0.267 e. The molecule has 8 nitrogen and oxygen atoms in total. The lowest BCUT2D eigenvalue weighted by molar-refractivity contribution is 0.479. The van der Waals surface area contributed by atoms with Crippen LogP contribution in [0.5, 0.6) is 0 Å². The van der Waals surface area contributed by atoms with E-state index in [1.54, 1.807) is 0 Å². The van der Waals surface area contributed by atoms with E-state index in [4.69, 9.17) is 10.2 Å². The molecule has 0 bridgehead atoms. The molecular weight excluding hydrogens is 258 g/mol. The Balaban J connectivity index is 2.34. The summed E-state index contributed by atoms with van der Waals surface area (Å²) in [5.74, 6) is 0.541. The molecule has 0 saturated heterocycles. The Morgan fingerprint density at radius 3 is 2.78 bits per heavy atom. The predicted octanol–water partition coefficient (Wildman–Crippen LogP) is 0.0325. The highest BCUT2D eigenvalue weighted by Crippen LogP contribution is 2.21. The van der Waals surface area contributed by atoms with E-state index in [1.165, 1.54) is 25.4 Å². The zero-order valence-corrected chi connectivity index (χ0v) is 10.3. The SMILES string of the molecule is Cc1oc(CN)cc1S(=O)(=O)Nc1nccnn1. The number of aryl methyl sites for hydroxylation is 1. The van der Waals surface area contributed by atoms with Gasteiger partial charge in [-0.25, -0.2) is 18.1 Å². The molecular formula is C9H11N5O3S. The lowest BCUT2D eigenvalue weighted by Crippen LogP contribution is -2.15. The van der Waals surface area contributed by atoms with Gasteiger partial charge >= 0.3 is 0 Å². The maximum absolute atomic E-state index is 12.0. The van der Waals surface area contributed by atoms with Crippen molar-refractivity contribution in [2.45, 2.75) is 18.4 Å². The number of nitrogens with one attached hydrogen (secondary N) is 1. The lowest BCUT2D eigenvalue weighted by Gasteiger charge is -2.03. The molecule has 0 aromatic carbocycles. The highest BCUT2D eigenvalue weighted by Gasteiger charge is 2.22. The number of sulfonamides is 1. The van der Waals surface area contributed by atoms with Gasteiger partial charge in [-0.1, -0.05) is 0 Å². The molecule has 0 amide bonds. The van der Waals surface area contributed by atoms with Crippen molar-refractivity contribution in [2.75, 3.05) is 4.72 Å². The van der Waals surface area contributed by atoms with Crippen molar-refractivity contribution in [2.24, 2.45) is 5.73 Å². The second kappa shape index (κ2) is 4.70. The third-order valence-corrected chi connectivity index (χ3v) is 3.56. The fraction of sp³-hybridized carbons (Fsp3) is 0.222. The molecule has 0 atom stereocenters. The molecule has 0 radical (unpaired) electrons. The van der Waals surface area contributed by atoms with E-state index < -0.39 is 10.0 Å². The largest absolute Gasteiger partial charge is 0.464 e. The first kappa shape index (κ1) is 12.5. The predicted molar refractivity (Wildman–Crippen MR) is 62.0 cm³/mol. The quantitative estimate of drug-likeness (QED) is 0.802. The minimum absolute atomic E-state index is 0.00963. The zero-order valence-electron chi connectivity index (χ0n) is 9.49. The van der Waals surface area contributed by atoms with Gasteiger partial charge in [0.25, 0.3) is 16.0 Å². The molecule has 9 heteroatoms. The van der Waals surface area contributed by atoms with Crippen LogP contribution in [0.2, 0.25) is 0 Å². The van der Waals surface area contributed by atoms with E-state index in [0.29, 0.717) is 5.76 Å². The van der Waals surface area contributed by atoms with Crippen LogP contribution in [0.3, 0.4) is 0 Å². The number of hydrogen-bond acceptors (Lipinski definition) is 7. The van der Waals surface area contributed by atoms with Crippen molar-refractivity contribution in [3.63, 3.8) is 0 Å². The molecule has 0 aliphatic heterocycles. The summed E-state index contributed by atoms with van der Waals surface area (Å²) in [4.78, 5) is 3.74. The smallest absolute Gasteiger partial charge is 0.267 e. The van der Waals surface area contributed by atoms with E-state index in [0.717, 1.165) is 0 Å². The number of nitrogens with two attached hydrogens (primary N) is 1. The Hall–Kier alpha value is -2.00. The van der Waals surface area contributed by atoms with Gasteiger partial charge in [0.05, 0.1) is 18.9 Å². The molecule has 2 aromatic heterocycles. The van der Waals surface area contributed by atoms with E-state index in [2.05, 4.69) is 19.9 Å². The summed E-state index contributed by atoms with van der Waals surface area (Å²) >= 11 is 0. The van der Waals surface area contributed by atoms with Gasteiger partial charge in [0.2, 0.25) is 0 Å². The van der Waals surface area contributed by atoms with Gasteiger partial charge in [0.1, 0.15) is 16.4 Å². The minimum Gasteiger partial charge on any atom is -0.464 e. The van der Waals surface area contributed by atoms with Gasteiger partial charge in [-0.15, -0.1) is 5.10 Å². The Morgan fingerprint density at radius 1 is 1.44 bits per heavy atom. The summed E-state index contributed by atoms with van der Waals surface area (Å²) in [5, 5.41) is 7.06. The van der Waals surface area contributed by atoms with E-state index >= 15 is 0 Å². The van der Waals surface area contributed by atoms with Crippen LogP contribution in [0.15, 0.2) is 27.8 Å². The monoisotopic (exact) mass is 269 g/mol. The zero-order chi connectivity index (χ0) is 13.2. The summed E-state index contributed by atoms with van der Waals surface area (Å²) in [6.07, 6.45) is 2.67. The van der Waals surface area contributed by atoms with E-state index in [1.807, 2.05) is 0 Å². The van der Waals surface area contributed by atoms with Crippen molar-refractivity contribution in [1.29, 1.82) is 0 Å². The van der Waals surface area contributed by atoms with Crippen molar-refractivity contribution < 1.29 is 12.8 Å². The molecule has 0 spiro atoms. The molecule has 0 unspecified atom stereocenters. The summed E-state index contributed by atoms with van der Waals surface area (Å²) in [6, 6.07) is 1.37. The standard InChI is InChI=1S/C9H11N5O3S/c1-6-8(4-7(5-10)17-6)18(15,16)14-9-11-2-3-12-13-9/h2-4H,5,10H2,1H3,(H,11,13,14). The van der Waals surface area contributed by atoms with Gasteiger partial charge in [-0.05, 0) is 6.92 Å². The second-order valence-corrected chi connectivity index (χ2v) is 5.06. The lowest BCUT2D eigenvalue weighted by atomic mass is 10.4. The number of furan rings is 1. The van der Waals surface area contributed by atoms with Crippen molar-refractivity contribution in [1.82, 2.24) is 15.2 Å². The number of aromatic nitrogens is 3. The fourth-order valence-electron chi connectivity index (χ4n) is 1.36. The molecule has 2 aromatic rings. The van der Waals surface area contributed by atoms with Crippen LogP contribution >= 0.6 is 0 Å². The first-order valence-electron chi connectivity index (χ1n) is 4.99. The average molecular weight is 269 g/mol. The summed E-state index contributed by atoms with van der Waals surface area (Å²) in [5.41, 5.74) is 5.38. The fourth-order valence-corrected chi connectivity index (χ4v) is 2.51. The third-order valence-electron chi connectivity index (χ3n) is 2.12. The van der Waals surface area contributed by atoms with Crippen LogP contribution in [0.25, 0.3) is 0 Å². The molecule has 0 aliphatic rings. The molecule has 3 N–H and O–H groups in total. The van der Waals surface area contributed by atoms with Gasteiger partial charge in [-0.3, -0.25) is 0 Å². The van der Waals surface area contributed by atoms with Crippen LogP contribution in [0.4, 0.5) is 5.95 Å². The highest BCUT2D eigenvalue weighted by molar-refractivity contribution is 7.92. The summed E-state index contributed by atoms with van der Waals surface area (Å²) < 4.78 is 31.5. The van der Waals surface area contributed by atoms with Crippen LogP contribution in [-0.2, 0) is 16.6 Å². The van der Waals surface area contributed by atoms with Gasteiger partial charge in [0, 0.05) is 6.07 Å². The Labute approximate surface area is 103 Å². The molecule has 0 saturated carbocycles. The van der Waals surface area contributed by atoms with Crippen molar-refractivity contribution in [3.8, 4) is 0 Å². The molecule has 18 heavy (non-hydrogen) atoms. The van der Waals surface area contributed by atoms with Gasteiger partial charge in [-0.2, -0.15) is 5.10 Å². The highest BCUT2D eigenvalue weighted by atomic mass is 32.2. The Bertz CT molecular complexity index is 637. The van der Waals surface area contributed by atoms with Crippen LogP contribution in [-0.4, -0.2) is 23.6 Å². The molecule has 2 rings (SSSR count). The topological polar surface area (TPSA) is 124 Å². The number of hydrogen-bond donors (Lipinski definition) is 2. The first-order valence-corrected chi connectivity index (χ1v) is 6.47. The second-order valence-electron chi connectivity index (χ2n) is 3.41. The number of rotatable bonds is 4. The normalized spacial score (nSPS) is 11.4. The summed E-state index contributed by atoms with van der Waals surface area (Å²) in [6.45, 7) is 1.66. The van der Waals surface area contributed by atoms with E-state index in [-0.39, 0.29) is 23.1 Å². The van der Waals surface area contributed by atoms with E-state index in [9.17, 15) is 8.42 Å². The number of nitrogens with zero attached hydrogens (tertiary/aromatic N) is 3. The minimum atomic E-state index is -3.80. The third kappa shape index (κ3) is 2.46. The average Bonchev–Trinajstić information content (AvgIpc) is 2.72. The Kier molecular flexibility index (Phi) is 3.26. The van der Waals surface area contributed by atoms with Gasteiger partial charge in [0.15, 0.2) is 0 Å². The first-order chi connectivity index (χ1) is 8.53. The Morgan fingerprint density at radius 2 is 2.22 bits per heavy atom.